The molecule has 0 saturated carbocycles. The second-order valence-corrected chi connectivity index (χ2v) is 5.27. The molecule has 0 saturated heterocycles. The average molecular weight is 185 g/mol. The van der Waals surface area contributed by atoms with Crippen LogP contribution in [0.5, 0.6) is 0 Å². The number of rotatable bonds is 3. The molecule has 3 heteroatoms. The molecular weight excluding hydrogens is 170 g/mol. The van der Waals surface area contributed by atoms with Crippen LogP contribution in [-0.2, 0) is 6.54 Å². The van der Waals surface area contributed by atoms with Crippen LogP contribution in [-0.4, -0.2) is 21.0 Å². The molecule has 0 amide bonds. The van der Waals surface area contributed by atoms with E-state index in [1.807, 2.05) is 11.3 Å². The Kier molecular flexibility index (Phi) is 3.30. The number of nitrogens with zero attached hydrogens (tertiary/aromatic N) is 1. The highest BCUT2D eigenvalue weighted by Gasteiger charge is 2.03. The molecule has 1 rings (SSSR count). The van der Waals surface area contributed by atoms with E-state index in [4.69, 9.17) is 0 Å². The lowest BCUT2D eigenvalue weighted by Gasteiger charge is -2.20. The van der Waals surface area contributed by atoms with Crippen molar-refractivity contribution in [3.63, 3.8) is 0 Å². The second kappa shape index (κ2) is 4.04. The average Bonchev–Trinajstić information content (AvgIpc) is 2.39. The van der Waals surface area contributed by atoms with E-state index in [0.717, 1.165) is 16.9 Å². The van der Waals surface area contributed by atoms with Gasteiger partial charge >= 0.3 is 0 Å². The minimum atomic E-state index is 0.698. The molecule has 62 valence electrons. The predicted molar refractivity (Wildman–Crippen MR) is 54.9 cm³/mol. The summed E-state index contributed by atoms with van der Waals surface area (Å²) in [5, 5.41) is 2.14. The minimum absolute atomic E-state index is 0.698. The Morgan fingerprint density at radius 3 is 2.82 bits per heavy atom. The Balaban J connectivity index is 2.43. The van der Waals surface area contributed by atoms with Crippen LogP contribution in [0.3, 0.4) is 0 Å². The standard InChI is InChI=1S/C8H15NSSi/c1-7(2)9(11)6-8-4-3-5-10-8/h3-5,7H,6H2,1-2,11H3. The predicted octanol–water partition coefficient (Wildman–Crippen LogP) is 1.24. The van der Waals surface area contributed by atoms with Gasteiger partial charge in [-0.05, 0) is 17.5 Å². The van der Waals surface area contributed by atoms with Crippen LogP contribution in [0.15, 0.2) is 17.5 Å². The zero-order valence-electron chi connectivity index (χ0n) is 7.37. The van der Waals surface area contributed by atoms with Gasteiger partial charge in [-0.15, -0.1) is 11.3 Å². The molecule has 0 aliphatic rings. The van der Waals surface area contributed by atoms with Crippen LogP contribution in [0.25, 0.3) is 0 Å². The third-order valence-electron chi connectivity index (χ3n) is 1.87. The molecule has 0 radical (unpaired) electrons. The van der Waals surface area contributed by atoms with E-state index in [9.17, 15) is 0 Å². The molecular formula is C8H15NSSi. The highest BCUT2D eigenvalue weighted by Crippen LogP contribution is 2.11. The van der Waals surface area contributed by atoms with E-state index >= 15 is 0 Å². The SMILES string of the molecule is CC(C)N([SiH3])Cc1cccs1. The summed E-state index contributed by atoms with van der Waals surface area (Å²) in [6, 6.07) is 5.02. The lowest BCUT2D eigenvalue weighted by molar-refractivity contribution is 0.377. The normalized spacial score (nSPS) is 11.6. The number of thiophene rings is 1. The third kappa shape index (κ3) is 2.77. The van der Waals surface area contributed by atoms with E-state index in [1.165, 1.54) is 4.88 Å². The van der Waals surface area contributed by atoms with Crippen molar-refractivity contribution < 1.29 is 0 Å². The van der Waals surface area contributed by atoms with Crippen molar-refractivity contribution >= 4 is 21.7 Å². The summed E-state index contributed by atoms with van der Waals surface area (Å²) in [7, 11) is 1.16. The van der Waals surface area contributed by atoms with Crippen LogP contribution in [0.4, 0.5) is 0 Å². The van der Waals surface area contributed by atoms with Gasteiger partial charge in [-0.2, -0.15) is 0 Å². The number of hydrogen-bond acceptors (Lipinski definition) is 2. The molecule has 0 aliphatic carbocycles. The maximum Gasteiger partial charge on any atom is 0.0792 e. The van der Waals surface area contributed by atoms with Gasteiger partial charge in [-0.25, -0.2) is 0 Å². The number of hydrogen-bond donors (Lipinski definition) is 0. The molecule has 1 nitrogen and oxygen atoms in total. The van der Waals surface area contributed by atoms with Crippen LogP contribution < -0.4 is 0 Å². The molecule has 0 bridgehead atoms. The zero-order valence-corrected chi connectivity index (χ0v) is 10.2. The minimum Gasteiger partial charge on any atom is -0.325 e. The molecule has 0 aliphatic heterocycles. The van der Waals surface area contributed by atoms with Crippen molar-refractivity contribution in [3.05, 3.63) is 22.4 Å². The molecule has 0 N–H and O–H groups in total. The van der Waals surface area contributed by atoms with Crippen LogP contribution in [0.1, 0.15) is 18.7 Å². The highest BCUT2D eigenvalue weighted by molar-refractivity contribution is 7.09. The molecule has 1 aromatic rings. The second-order valence-electron chi connectivity index (χ2n) is 3.09. The van der Waals surface area contributed by atoms with Crippen molar-refractivity contribution in [3.8, 4) is 0 Å². The zero-order chi connectivity index (χ0) is 8.27. The molecule has 1 aromatic heterocycles. The quantitative estimate of drug-likeness (QED) is 0.641. The molecule has 0 atom stereocenters. The van der Waals surface area contributed by atoms with Gasteiger partial charge in [0.15, 0.2) is 0 Å². The van der Waals surface area contributed by atoms with Crippen molar-refractivity contribution in [1.82, 2.24) is 4.57 Å². The van der Waals surface area contributed by atoms with Gasteiger partial charge in [-0.1, -0.05) is 19.9 Å². The lowest BCUT2D eigenvalue weighted by Crippen LogP contribution is -2.26. The van der Waals surface area contributed by atoms with E-state index in [0.29, 0.717) is 6.04 Å². The smallest absolute Gasteiger partial charge is 0.0792 e. The Labute approximate surface area is 75.5 Å². The fourth-order valence-corrected chi connectivity index (χ4v) is 2.17. The maximum atomic E-state index is 2.48. The maximum absolute atomic E-state index is 2.48. The summed E-state index contributed by atoms with van der Waals surface area (Å²) in [5.41, 5.74) is 0. The first-order valence-electron chi connectivity index (χ1n) is 3.93. The molecule has 11 heavy (non-hydrogen) atoms. The van der Waals surface area contributed by atoms with Gasteiger partial charge in [0.1, 0.15) is 0 Å². The Hall–Kier alpha value is -0.123. The van der Waals surface area contributed by atoms with Crippen molar-refractivity contribution in [2.75, 3.05) is 0 Å². The summed E-state index contributed by atoms with van der Waals surface area (Å²) in [5.74, 6) is 0. The summed E-state index contributed by atoms with van der Waals surface area (Å²) >= 11 is 1.85. The van der Waals surface area contributed by atoms with Crippen LogP contribution >= 0.6 is 11.3 Å². The molecule has 0 fully saturated rings. The highest BCUT2D eigenvalue weighted by atomic mass is 32.1. The van der Waals surface area contributed by atoms with E-state index in [-0.39, 0.29) is 0 Å². The van der Waals surface area contributed by atoms with E-state index in [2.05, 4.69) is 35.9 Å². The lowest BCUT2D eigenvalue weighted by atomic mass is 10.4. The molecule has 0 unspecified atom stereocenters. The summed E-state index contributed by atoms with van der Waals surface area (Å²) < 4.78 is 2.48. The van der Waals surface area contributed by atoms with E-state index < -0.39 is 0 Å². The Morgan fingerprint density at radius 1 is 1.64 bits per heavy atom. The monoisotopic (exact) mass is 185 g/mol. The fourth-order valence-electron chi connectivity index (χ4n) is 0.831. The first kappa shape index (κ1) is 8.97. The topological polar surface area (TPSA) is 3.24 Å². The molecule has 0 spiro atoms. The molecule has 1 heterocycles. The summed E-state index contributed by atoms with van der Waals surface area (Å²) in [4.78, 5) is 1.48. The van der Waals surface area contributed by atoms with Gasteiger partial charge in [0.2, 0.25) is 0 Å². The van der Waals surface area contributed by atoms with Gasteiger partial charge in [0.05, 0.1) is 10.4 Å². The first-order valence-corrected chi connectivity index (χ1v) is 5.70. The van der Waals surface area contributed by atoms with E-state index in [1.54, 1.807) is 0 Å². The summed E-state index contributed by atoms with van der Waals surface area (Å²) in [6.45, 7) is 5.64. The van der Waals surface area contributed by atoms with Crippen molar-refractivity contribution in [2.45, 2.75) is 26.4 Å². The first-order chi connectivity index (χ1) is 5.20. The Bertz CT molecular complexity index is 196. The van der Waals surface area contributed by atoms with Gasteiger partial charge in [-0.3, -0.25) is 0 Å². The van der Waals surface area contributed by atoms with Crippen molar-refractivity contribution in [2.24, 2.45) is 0 Å². The summed E-state index contributed by atoms with van der Waals surface area (Å²) in [6.07, 6.45) is 0. The van der Waals surface area contributed by atoms with Crippen LogP contribution in [0, 0.1) is 0 Å². The largest absolute Gasteiger partial charge is 0.325 e. The van der Waals surface area contributed by atoms with Crippen LogP contribution in [0.2, 0.25) is 0 Å². The van der Waals surface area contributed by atoms with Gasteiger partial charge in [0, 0.05) is 11.4 Å². The van der Waals surface area contributed by atoms with Crippen molar-refractivity contribution in [1.29, 1.82) is 0 Å². The third-order valence-corrected chi connectivity index (χ3v) is 4.08. The van der Waals surface area contributed by atoms with Gasteiger partial charge < -0.3 is 4.57 Å². The van der Waals surface area contributed by atoms with Gasteiger partial charge in [0.25, 0.3) is 0 Å². The Morgan fingerprint density at radius 2 is 2.36 bits per heavy atom. The fraction of sp³-hybridized carbons (Fsp3) is 0.500. The molecule has 0 aromatic carbocycles.